The number of carbonyl (C=O) groups is 2. The zero-order valence-corrected chi connectivity index (χ0v) is 18.5. The van der Waals surface area contributed by atoms with E-state index < -0.39 is 0 Å². The summed E-state index contributed by atoms with van der Waals surface area (Å²) in [6.07, 6.45) is 3.04. The van der Waals surface area contributed by atoms with Crippen LogP contribution in [-0.4, -0.2) is 34.8 Å². The van der Waals surface area contributed by atoms with Gasteiger partial charge in [-0.05, 0) is 73.9 Å². The summed E-state index contributed by atoms with van der Waals surface area (Å²) >= 11 is 1.67. The van der Waals surface area contributed by atoms with E-state index in [9.17, 15) is 9.59 Å². The van der Waals surface area contributed by atoms with E-state index >= 15 is 0 Å². The van der Waals surface area contributed by atoms with Crippen LogP contribution in [0.1, 0.15) is 29.0 Å². The number of rotatable bonds is 4. The van der Waals surface area contributed by atoms with Crippen molar-refractivity contribution >= 4 is 39.1 Å². The molecule has 1 fully saturated rings. The van der Waals surface area contributed by atoms with E-state index in [2.05, 4.69) is 24.4 Å². The summed E-state index contributed by atoms with van der Waals surface area (Å²) in [5.74, 6) is -0.158. The van der Waals surface area contributed by atoms with Crippen molar-refractivity contribution in [2.45, 2.75) is 19.8 Å². The number of hydrogen-bond acceptors (Lipinski definition) is 5. The maximum absolute atomic E-state index is 12.8. The summed E-state index contributed by atoms with van der Waals surface area (Å²) in [5, 5.41) is 3.96. The molecule has 32 heavy (non-hydrogen) atoms. The van der Waals surface area contributed by atoms with Gasteiger partial charge in [0.25, 0.3) is 5.91 Å². The molecular formula is C25H23N3O3S. The largest absolute Gasteiger partial charge is 0.459 e. The molecule has 1 saturated heterocycles. The van der Waals surface area contributed by atoms with E-state index in [0.717, 1.165) is 34.6 Å². The van der Waals surface area contributed by atoms with Gasteiger partial charge in [0, 0.05) is 24.3 Å². The van der Waals surface area contributed by atoms with Crippen LogP contribution in [0.3, 0.4) is 0 Å². The van der Waals surface area contributed by atoms with Crippen LogP contribution >= 0.6 is 11.3 Å². The molecule has 1 N–H and O–H groups in total. The maximum atomic E-state index is 12.8. The summed E-state index contributed by atoms with van der Waals surface area (Å²) in [6, 6.07) is 17.4. The van der Waals surface area contributed by atoms with Crippen molar-refractivity contribution in [1.29, 1.82) is 0 Å². The van der Waals surface area contributed by atoms with Gasteiger partial charge in [-0.1, -0.05) is 6.07 Å². The minimum atomic E-state index is -0.241. The number of hydrogen-bond donors (Lipinski definition) is 1. The number of furan rings is 1. The summed E-state index contributed by atoms with van der Waals surface area (Å²) in [6.45, 7) is 3.11. The van der Waals surface area contributed by atoms with Gasteiger partial charge in [-0.2, -0.15) is 0 Å². The van der Waals surface area contributed by atoms with E-state index in [0.29, 0.717) is 18.8 Å². The van der Waals surface area contributed by atoms with Crippen LogP contribution in [0.15, 0.2) is 65.3 Å². The lowest BCUT2D eigenvalue weighted by Crippen LogP contribution is -2.43. The molecule has 1 aliphatic heterocycles. The van der Waals surface area contributed by atoms with Gasteiger partial charge in [0.1, 0.15) is 5.01 Å². The third kappa shape index (κ3) is 4.16. The van der Waals surface area contributed by atoms with Gasteiger partial charge in [-0.15, -0.1) is 11.3 Å². The topological polar surface area (TPSA) is 75.4 Å². The Bertz CT molecular complexity index is 1260. The predicted octanol–water partition coefficient (Wildman–Crippen LogP) is 5.36. The number of benzene rings is 2. The first-order chi connectivity index (χ1) is 15.6. The third-order valence-electron chi connectivity index (χ3n) is 5.75. The van der Waals surface area contributed by atoms with E-state index in [1.165, 1.54) is 16.5 Å². The molecule has 2 aromatic heterocycles. The second-order valence-corrected chi connectivity index (χ2v) is 9.16. The molecular weight excluding hydrogens is 422 g/mol. The predicted molar refractivity (Wildman–Crippen MR) is 126 cm³/mol. The summed E-state index contributed by atoms with van der Waals surface area (Å²) in [4.78, 5) is 31.8. The Hall–Kier alpha value is -3.45. The minimum Gasteiger partial charge on any atom is -0.459 e. The van der Waals surface area contributed by atoms with Crippen molar-refractivity contribution in [1.82, 2.24) is 9.88 Å². The number of anilines is 1. The van der Waals surface area contributed by atoms with Crippen LogP contribution in [0.4, 0.5) is 5.69 Å². The number of aromatic nitrogens is 1. The monoisotopic (exact) mass is 445 g/mol. The fourth-order valence-corrected chi connectivity index (χ4v) is 5.10. The molecule has 1 atom stereocenters. The van der Waals surface area contributed by atoms with Gasteiger partial charge in [-0.25, -0.2) is 4.98 Å². The Labute approximate surface area is 189 Å². The number of fused-ring (bicyclic) bond motifs is 1. The highest BCUT2D eigenvalue weighted by molar-refractivity contribution is 7.21. The second kappa shape index (κ2) is 8.59. The average Bonchev–Trinajstić information content (AvgIpc) is 3.49. The zero-order valence-electron chi connectivity index (χ0n) is 17.7. The van der Waals surface area contributed by atoms with Gasteiger partial charge in [0.2, 0.25) is 5.91 Å². The minimum absolute atomic E-state index is 0.0647. The third-order valence-corrected chi connectivity index (χ3v) is 6.82. The van der Waals surface area contributed by atoms with Crippen LogP contribution in [0.5, 0.6) is 0 Å². The molecule has 1 aliphatic rings. The standard InChI is InChI=1S/C25H23N3O3S/c1-16-6-11-20-22(14-16)32-24(27-20)17-7-9-19(10-8-17)26-23(29)18-4-2-12-28(15-18)25(30)21-5-3-13-31-21/h3,5-11,13-14,18H,2,4,12,15H2,1H3,(H,26,29). The molecule has 0 spiro atoms. The number of nitrogens with one attached hydrogen (secondary N) is 1. The van der Waals surface area contributed by atoms with E-state index in [-0.39, 0.29) is 17.7 Å². The zero-order chi connectivity index (χ0) is 22.1. The molecule has 2 aromatic carbocycles. The molecule has 162 valence electrons. The molecule has 4 aromatic rings. The van der Waals surface area contributed by atoms with Gasteiger partial charge < -0.3 is 14.6 Å². The van der Waals surface area contributed by atoms with Crippen molar-refractivity contribution in [2.24, 2.45) is 5.92 Å². The summed E-state index contributed by atoms with van der Waals surface area (Å²) in [5.41, 5.74) is 3.98. The lowest BCUT2D eigenvalue weighted by molar-refractivity contribution is -0.121. The lowest BCUT2D eigenvalue weighted by Gasteiger charge is -2.31. The fourth-order valence-electron chi connectivity index (χ4n) is 4.03. The Morgan fingerprint density at radius 3 is 2.78 bits per heavy atom. The molecule has 0 radical (unpaired) electrons. The highest BCUT2D eigenvalue weighted by Crippen LogP contribution is 2.31. The number of aryl methyl sites for hydroxylation is 1. The van der Waals surface area contributed by atoms with Gasteiger partial charge in [0.15, 0.2) is 5.76 Å². The smallest absolute Gasteiger partial charge is 0.289 e. The number of nitrogens with zero attached hydrogens (tertiary/aromatic N) is 2. The SMILES string of the molecule is Cc1ccc2nc(-c3ccc(NC(=O)C4CCCN(C(=O)c5ccco5)C4)cc3)sc2c1. The number of thiazole rings is 1. The van der Waals surface area contributed by atoms with Crippen LogP contribution in [-0.2, 0) is 4.79 Å². The highest BCUT2D eigenvalue weighted by Gasteiger charge is 2.30. The quantitative estimate of drug-likeness (QED) is 0.459. The molecule has 3 heterocycles. The first-order valence-corrected chi connectivity index (χ1v) is 11.5. The maximum Gasteiger partial charge on any atom is 0.289 e. The molecule has 5 rings (SSSR count). The van der Waals surface area contributed by atoms with Gasteiger partial charge in [-0.3, -0.25) is 9.59 Å². The van der Waals surface area contributed by atoms with Crippen molar-refractivity contribution in [2.75, 3.05) is 18.4 Å². The normalized spacial score (nSPS) is 16.3. The van der Waals surface area contributed by atoms with Gasteiger partial charge in [0.05, 0.1) is 22.4 Å². The fraction of sp³-hybridized carbons (Fsp3) is 0.240. The van der Waals surface area contributed by atoms with E-state index in [1.54, 1.807) is 28.4 Å². The summed E-state index contributed by atoms with van der Waals surface area (Å²) in [7, 11) is 0. The number of amides is 2. The van der Waals surface area contributed by atoms with E-state index in [4.69, 9.17) is 9.40 Å². The number of likely N-dealkylation sites (tertiary alicyclic amines) is 1. The average molecular weight is 446 g/mol. The molecule has 0 aliphatic carbocycles. The Kier molecular flexibility index (Phi) is 5.49. The summed E-state index contributed by atoms with van der Waals surface area (Å²) < 4.78 is 6.39. The van der Waals surface area contributed by atoms with Crippen LogP contribution in [0, 0.1) is 12.8 Å². The molecule has 7 heteroatoms. The molecule has 0 saturated carbocycles. The molecule has 6 nitrogen and oxygen atoms in total. The first kappa shape index (κ1) is 20.5. The Balaban J connectivity index is 1.24. The highest BCUT2D eigenvalue weighted by atomic mass is 32.1. The van der Waals surface area contributed by atoms with Crippen molar-refractivity contribution in [3.63, 3.8) is 0 Å². The van der Waals surface area contributed by atoms with Crippen LogP contribution in [0.25, 0.3) is 20.8 Å². The van der Waals surface area contributed by atoms with Crippen LogP contribution < -0.4 is 5.32 Å². The van der Waals surface area contributed by atoms with Crippen molar-refractivity contribution in [3.8, 4) is 10.6 Å². The first-order valence-electron chi connectivity index (χ1n) is 10.7. The molecule has 2 amide bonds. The lowest BCUT2D eigenvalue weighted by atomic mass is 9.96. The van der Waals surface area contributed by atoms with Gasteiger partial charge >= 0.3 is 0 Å². The molecule has 0 bridgehead atoms. The Morgan fingerprint density at radius 2 is 2.00 bits per heavy atom. The van der Waals surface area contributed by atoms with Crippen LogP contribution in [0.2, 0.25) is 0 Å². The number of carbonyl (C=O) groups excluding carboxylic acids is 2. The Morgan fingerprint density at radius 1 is 1.16 bits per heavy atom. The number of piperidine rings is 1. The van der Waals surface area contributed by atoms with Crippen molar-refractivity contribution in [3.05, 3.63) is 72.2 Å². The second-order valence-electron chi connectivity index (χ2n) is 8.12. The van der Waals surface area contributed by atoms with E-state index in [1.807, 2.05) is 30.3 Å². The van der Waals surface area contributed by atoms with Crippen molar-refractivity contribution < 1.29 is 14.0 Å². The molecule has 1 unspecified atom stereocenters.